The van der Waals surface area contributed by atoms with Gasteiger partial charge in [-0.1, -0.05) is 33.6 Å². The van der Waals surface area contributed by atoms with Crippen LogP contribution in [0.1, 0.15) is 59.3 Å². The Morgan fingerprint density at radius 3 is 2.59 bits per heavy atom. The lowest BCUT2D eigenvalue weighted by atomic mass is 9.76. The minimum absolute atomic E-state index is 0.386. The van der Waals surface area contributed by atoms with Crippen LogP contribution in [0.5, 0.6) is 0 Å². The third-order valence-electron chi connectivity index (χ3n) is 4.22. The largest absolute Gasteiger partial charge is 0.380 e. The molecule has 0 bridgehead atoms. The quantitative estimate of drug-likeness (QED) is 0.735. The molecule has 0 aliphatic heterocycles. The van der Waals surface area contributed by atoms with Crippen molar-refractivity contribution in [2.24, 2.45) is 11.8 Å². The second kappa shape index (κ2) is 8.10. The monoisotopic (exact) mass is 241 g/mol. The topological polar surface area (TPSA) is 21.3 Å². The first-order valence-electron chi connectivity index (χ1n) is 7.49. The van der Waals surface area contributed by atoms with Crippen LogP contribution in [-0.4, -0.2) is 25.8 Å². The number of hydrogen-bond donors (Lipinski definition) is 1. The molecule has 1 aliphatic rings. The van der Waals surface area contributed by atoms with Gasteiger partial charge in [-0.3, -0.25) is 0 Å². The van der Waals surface area contributed by atoms with E-state index in [1.165, 1.54) is 32.1 Å². The van der Waals surface area contributed by atoms with E-state index in [9.17, 15) is 0 Å². The molecule has 2 nitrogen and oxygen atoms in total. The molecule has 2 heteroatoms. The number of hydrogen-bond acceptors (Lipinski definition) is 2. The van der Waals surface area contributed by atoms with Crippen molar-refractivity contribution >= 4 is 0 Å². The summed E-state index contributed by atoms with van der Waals surface area (Å²) < 4.78 is 5.68. The van der Waals surface area contributed by atoms with Crippen molar-refractivity contribution in [3.05, 3.63) is 0 Å². The van der Waals surface area contributed by atoms with Crippen LogP contribution in [0.4, 0.5) is 0 Å². The molecular formula is C15H31NO. The summed E-state index contributed by atoms with van der Waals surface area (Å²) in [7, 11) is 1.86. The molecule has 4 unspecified atom stereocenters. The Balaban J connectivity index is 2.59. The van der Waals surface area contributed by atoms with E-state index in [1.807, 2.05) is 7.11 Å². The van der Waals surface area contributed by atoms with Crippen molar-refractivity contribution in [3.63, 3.8) is 0 Å². The molecule has 0 spiro atoms. The first-order valence-corrected chi connectivity index (χ1v) is 7.49. The van der Waals surface area contributed by atoms with Gasteiger partial charge in [0, 0.05) is 13.2 Å². The lowest BCUT2D eigenvalue weighted by Gasteiger charge is -2.37. The Labute approximate surface area is 108 Å². The first kappa shape index (κ1) is 15.0. The van der Waals surface area contributed by atoms with Gasteiger partial charge in [-0.05, 0) is 44.1 Å². The SMILES string of the molecule is CCCNC(C1CCCC(C)C1)C(CC)OC. The average molecular weight is 241 g/mol. The lowest BCUT2D eigenvalue weighted by molar-refractivity contribution is 0.0323. The van der Waals surface area contributed by atoms with Crippen LogP contribution in [0.2, 0.25) is 0 Å². The summed E-state index contributed by atoms with van der Waals surface area (Å²) in [6, 6.07) is 0.563. The van der Waals surface area contributed by atoms with Gasteiger partial charge in [-0.2, -0.15) is 0 Å². The highest BCUT2D eigenvalue weighted by molar-refractivity contribution is 4.86. The molecule has 0 aromatic carbocycles. The zero-order chi connectivity index (χ0) is 12.7. The number of methoxy groups -OCH3 is 1. The highest BCUT2D eigenvalue weighted by Crippen LogP contribution is 2.32. The van der Waals surface area contributed by atoms with E-state index >= 15 is 0 Å². The van der Waals surface area contributed by atoms with Crippen LogP contribution in [0.3, 0.4) is 0 Å². The molecule has 1 saturated carbocycles. The second-order valence-corrected chi connectivity index (χ2v) is 5.69. The normalized spacial score (nSPS) is 28.9. The van der Waals surface area contributed by atoms with Crippen molar-refractivity contribution in [1.82, 2.24) is 5.32 Å². The van der Waals surface area contributed by atoms with Crippen molar-refractivity contribution in [3.8, 4) is 0 Å². The summed E-state index contributed by atoms with van der Waals surface area (Å²) in [5.74, 6) is 1.71. The number of nitrogens with one attached hydrogen (secondary N) is 1. The predicted molar refractivity (Wildman–Crippen MR) is 74.3 cm³/mol. The fourth-order valence-electron chi connectivity index (χ4n) is 3.29. The van der Waals surface area contributed by atoms with Crippen LogP contribution in [0.25, 0.3) is 0 Å². The van der Waals surface area contributed by atoms with Gasteiger partial charge in [0.1, 0.15) is 0 Å². The van der Waals surface area contributed by atoms with E-state index in [-0.39, 0.29) is 0 Å². The summed E-state index contributed by atoms with van der Waals surface area (Å²) >= 11 is 0. The zero-order valence-corrected chi connectivity index (χ0v) is 12.2. The fraction of sp³-hybridized carbons (Fsp3) is 1.00. The second-order valence-electron chi connectivity index (χ2n) is 5.69. The van der Waals surface area contributed by atoms with E-state index < -0.39 is 0 Å². The van der Waals surface area contributed by atoms with Gasteiger partial charge in [-0.15, -0.1) is 0 Å². The Morgan fingerprint density at radius 1 is 1.29 bits per heavy atom. The maximum Gasteiger partial charge on any atom is 0.0724 e. The van der Waals surface area contributed by atoms with Gasteiger partial charge in [-0.25, -0.2) is 0 Å². The van der Waals surface area contributed by atoms with E-state index in [1.54, 1.807) is 0 Å². The number of ether oxygens (including phenoxy) is 1. The van der Waals surface area contributed by atoms with E-state index in [4.69, 9.17) is 4.74 Å². The maximum atomic E-state index is 5.68. The molecule has 1 rings (SSSR count). The summed E-state index contributed by atoms with van der Waals surface area (Å²) in [6.45, 7) is 7.99. The molecule has 1 aliphatic carbocycles. The summed E-state index contributed by atoms with van der Waals surface area (Å²) in [5, 5.41) is 3.74. The molecule has 0 radical (unpaired) electrons. The molecule has 17 heavy (non-hydrogen) atoms. The average Bonchev–Trinajstić information content (AvgIpc) is 2.34. The molecule has 4 atom stereocenters. The minimum Gasteiger partial charge on any atom is -0.380 e. The van der Waals surface area contributed by atoms with Gasteiger partial charge in [0.15, 0.2) is 0 Å². The van der Waals surface area contributed by atoms with E-state index in [2.05, 4.69) is 26.1 Å². The summed E-state index contributed by atoms with van der Waals surface area (Å²) in [5.41, 5.74) is 0. The smallest absolute Gasteiger partial charge is 0.0724 e. The Morgan fingerprint density at radius 2 is 2.06 bits per heavy atom. The minimum atomic E-state index is 0.386. The highest BCUT2D eigenvalue weighted by atomic mass is 16.5. The standard InChI is InChI=1S/C15H31NO/c1-5-10-16-15(14(6-2)17-4)13-9-7-8-12(3)11-13/h12-16H,5-11H2,1-4H3. The predicted octanol–water partition coefficient (Wildman–Crippen LogP) is 3.61. The molecule has 0 heterocycles. The number of rotatable bonds is 7. The summed E-state index contributed by atoms with van der Waals surface area (Å²) in [4.78, 5) is 0. The maximum absolute atomic E-state index is 5.68. The van der Waals surface area contributed by atoms with Crippen LogP contribution >= 0.6 is 0 Å². The molecule has 0 aromatic rings. The Bertz CT molecular complexity index is 191. The van der Waals surface area contributed by atoms with Gasteiger partial charge in [0.25, 0.3) is 0 Å². The van der Waals surface area contributed by atoms with Gasteiger partial charge in [0.2, 0.25) is 0 Å². The summed E-state index contributed by atoms with van der Waals surface area (Å²) in [6.07, 6.45) is 8.28. The molecular weight excluding hydrogens is 210 g/mol. The van der Waals surface area contributed by atoms with Crippen molar-refractivity contribution in [1.29, 1.82) is 0 Å². The first-order chi connectivity index (χ1) is 8.22. The van der Waals surface area contributed by atoms with Crippen LogP contribution in [0, 0.1) is 11.8 Å². The molecule has 102 valence electrons. The molecule has 1 N–H and O–H groups in total. The Hall–Kier alpha value is -0.0800. The van der Waals surface area contributed by atoms with Crippen molar-refractivity contribution in [2.75, 3.05) is 13.7 Å². The highest BCUT2D eigenvalue weighted by Gasteiger charge is 2.31. The molecule has 0 amide bonds. The van der Waals surface area contributed by atoms with E-state index in [0.29, 0.717) is 12.1 Å². The zero-order valence-electron chi connectivity index (χ0n) is 12.2. The van der Waals surface area contributed by atoms with Crippen molar-refractivity contribution in [2.45, 2.75) is 71.4 Å². The van der Waals surface area contributed by atoms with Gasteiger partial charge in [0.05, 0.1) is 6.10 Å². The van der Waals surface area contributed by atoms with Crippen LogP contribution < -0.4 is 5.32 Å². The third-order valence-corrected chi connectivity index (χ3v) is 4.22. The van der Waals surface area contributed by atoms with Crippen molar-refractivity contribution < 1.29 is 4.74 Å². The van der Waals surface area contributed by atoms with Crippen LogP contribution in [0.15, 0.2) is 0 Å². The van der Waals surface area contributed by atoms with Crippen LogP contribution in [-0.2, 0) is 4.74 Å². The fourth-order valence-corrected chi connectivity index (χ4v) is 3.29. The van der Waals surface area contributed by atoms with Gasteiger partial charge >= 0.3 is 0 Å². The molecule has 1 fully saturated rings. The molecule has 0 aromatic heterocycles. The molecule has 0 saturated heterocycles. The van der Waals surface area contributed by atoms with E-state index in [0.717, 1.165) is 24.8 Å². The van der Waals surface area contributed by atoms with Gasteiger partial charge < -0.3 is 10.1 Å². The lowest BCUT2D eigenvalue weighted by Crippen LogP contribution is -2.47. The third kappa shape index (κ3) is 4.59. The Kier molecular flexibility index (Phi) is 7.14.